The van der Waals surface area contributed by atoms with Gasteiger partial charge in [0.2, 0.25) is 12.5 Å². The summed E-state index contributed by atoms with van der Waals surface area (Å²) in [6.07, 6.45) is 3.33. The van der Waals surface area contributed by atoms with Crippen molar-refractivity contribution in [3.63, 3.8) is 0 Å². The van der Waals surface area contributed by atoms with Crippen molar-refractivity contribution < 1.29 is 14.2 Å². The molecule has 1 aromatic carbocycles. The van der Waals surface area contributed by atoms with E-state index in [2.05, 4.69) is 10.1 Å². The summed E-state index contributed by atoms with van der Waals surface area (Å²) in [4.78, 5) is 21.9. The molecule has 0 amide bonds. The summed E-state index contributed by atoms with van der Waals surface area (Å²) in [6, 6.07) is 10.7. The van der Waals surface area contributed by atoms with Crippen molar-refractivity contribution in [2.45, 2.75) is 20.0 Å². The fraction of sp³-hybridized carbons (Fsp3) is 0.190. The maximum atomic E-state index is 12.8. The van der Waals surface area contributed by atoms with E-state index in [1.165, 1.54) is 10.6 Å². The highest BCUT2D eigenvalue weighted by molar-refractivity contribution is 5.79. The van der Waals surface area contributed by atoms with Crippen LogP contribution in [0.25, 0.3) is 28.2 Å². The Morgan fingerprint density at radius 3 is 2.83 bits per heavy atom. The van der Waals surface area contributed by atoms with Gasteiger partial charge in [0.1, 0.15) is 0 Å². The number of rotatable bonds is 4. The minimum atomic E-state index is -0.236. The van der Waals surface area contributed by atoms with Crippen molar-refractivity contribution >= 4 is 5.65 Å². The van der Waals surface area contributed by atoms with E-state index >= 15 is 0 Å². The molecular weight excluding hydrogens is 372 g/mol. The number of H-pyrrole nitrogens is 1. The van der Waals surface area contributed by atoms with E-state index in [-0.39, 0.29) is 18.5 Å². The van der Waals surface area contributed by atoms with Gasteiger partial charge in [-0.2, -0.15) is 0 Å². The van der Waals surface area contributed by atoms with Crippen molar-refractivity contribution in [1.82, 2.24) is 19.6 Å². The second-order valence-electron chi connectivity index (χ2n) is 6.88. The normalized spacial score (nSPS) is 12.7. The Kier molecular flexibility index (Phi) is 3.97. The maximum absolute atomic E-state index is 12.8. The zero-order valence-electron chi connectivity index (χ0n) is 15.9. The maximum Gasteiger partial charge on any atom is 0.273 e. The number of nitrogens with one attached hydrogen (secondary N) is 1. The highest BCUT2D eigenvalue weighted by atomic mass is 16.7. The van der Waals surface area contributed by atoms with Crippen LogP contribution in [0, 0.1) is 0 Å². The van der Waals surface area contributed by atoms with Gasteiger partial charge in [-0.1, -0.05) is 6.07 Å². The van der Waals surface area contributed by atoms with Crippen molar-refractivity contribution in [2.24, 2.45) is 0 Å². The van der Waals surface area contributed by atoms with Gasteiger partial charge in [0.25, 0.3) is 5.56 Å². The number of aromatic amines is 1. The smallest absolute Gasteiger partial charge is 0.273 e. The highest BCUT2D eigenvalue weighted by Gasteiger charge is 2.25. The fourth-order valence-corrected chi connectivity index (χ4v) is 3.33. The van der Waals surface area contributed by atoms with Crippen molar-refractivity contribution in [2.75, 3.05) is 6.79 Å². The van der Waals surface area contributed by atoms with Crippen LogP contribution < -0.4 is 19.8 Å². The van der Waals surface area contributed by atoms with Gasteiger partial charge in [0.05, 0.1) is 23.1 Å². The third-order valence-electron chi connectivity index (χ3n) is 4.56. The Balaban J connectivity index is 1.73. The second kappa shape index (κ2) is 6.66. The summed E-state index contributed by atoms with van der Waals surface area (Å²) >= 11 is 0. The average molecular weight is 390 g/mol. The Labute approximate surface area is 165 Å². The molecule has 3 aromatic heterocycles. The molecular formula is C21H18N4O4. The zero-order valence-corrected chi connectivity index (χ0v) is 15.9. The van der Waals surface area contributed by atoms with E-state index in [4.69, 9.17) is 19.2 Å². The first-order chi connectivity index (χ1) is 14.1. The van der Waals surface area contributed by atoms with Crippen LogP contribution >= 0.6 is 0 Å². The van der Waals surface area contributed by atoms with Gasteiger partial charge in [-0.05, 0) is 38.1 Å². The summed E-state index contributed by atoms with van der Waals surface area (Å²) in [5.74, 6) is 1.65. The van der Waals surface area contributed by atoms with E-state index in [0.29, 0.717) is 34.2 Å². The number of hydrogen-bond acceptors (Lipinski definition) is 6. The van der Waals surface area contributed by atoms with Crippen LogP contribution in [0.4, 0.5) is 0 Å². The Morgan fingerprint density at radius 2 is 2.03 bits per heavy atom. The Morgan fingerprint density at radius 1 is 1.14 bits per heavy atom. The molecule has 8 nitrogen and oxygen atoms in total. The molecule has 0 aliphatic carbocycles. The first-order valence-electron chi connectivity index (χ1n) is 9.24. The van der Waals surface area contributed by atoms with Gasteiger partial charge < -0.3 is 14.2 Å². The molecule has 0 fully saturated rings. The van der Waals surface area contributed by atoms with Crippen LogP contribution in [0.5, 0.6) is 17.2 Å². The third-order valence-corrected chi connectivity index (χ3v) is 4.56. The van der Waals surface area contributed by atoms with Gasteiger partial charge in [-0.25, -0.2) is 9.50 Å². The molecule has 0 spiro atoms. The second-order valence-corrected chi connectivity index (χ2v) is 6.88. The zero-order chi connectivity index (χ0) is 20.0. The molecule has 0 unspecified atom stereocenters. The monoisotopic (exact) mass is 390 g/mol. The summed E-state index contributed by atoms with van der Waals surface area (Å²) in [7, 11) is 0. The van der Waals surface area contributed by atoms with Crippen molar-refractivity contribution in [3.8, 4) is 39.8 Å². The van der Waals surface area contributed by atoms with Crippen LogP contribution in [0.1, 0.15) is 13.8 Å². The highest BCUT2D eigenvalue weighted by Crippen LogP contribution is 2.47. The lowest BCUT2D eigenvalue weighted by molar-refractivity contribution is 0.166. The molecule has 4 aromatic rings. The molecule has 0 saturated carbocycles. The summed E-state index contributed by atoms with van der Waals surface area (Å²) in [5, 5.41) is 2.95. The van der Waals surface area contributed by atoms with Crippen LogP contribution in [0.3, 0.4) is 0 Å². The van der Waals surface area contributed by atoms with Crippen molar-refractivity contribution in [1.29, 1.82) is 0 Å². The molecule has 0 radical (unpaired) electrons. The van der Waals surface area contributed by atoms with Crippen LogP contribution in [0.2, 0.25) is 0 Å². The standard InChI is InChI=1S/C21H18N4O4/c1-12(2)29-19-13(6-7-17-20(19)28-11-27-17)16-9-18(26)25-21(24-16)14(10-23-25)15-5-3-4-8-22-15/h3-10,12,23H,11H2,1-2H3. The lowest BCUT2D eigenvalue weighted by atomic mass is 10.1. The molecule has 0 saturated heterocycles. The van der Waals surface area contributed by atoms with E-state index < -0.39 is 0 Å². The van der Waals surface area contributed by atoms with Gasteiger partial charge in [-0.3, -0.25) is 14.9 Å². The van der Waals surface area contributed by atoms with Crippen LogP contribution in [-0.2, 0) is 0 Å². The first-order valence-corrected chi connectivity index (χ1v) is 9.24. The number of fused-ring (bicyclic) bond motifs is 2. The number of benzene rings is 1. The van der Waals surface area contributed by atoms with E-state index in [9.17, 15) is 4.79 Å². The minimum absolute atomic E-state index is 0.0920. The molecule has 0 atom stereocenters. The summed E-state index contributed by atoms with van der Waals surface area (Å²) in [5.41, 5.74) is 2.85. The molecule has 5 rings (SSSR count). The van der Waals surface area contributed by atoms with Gasteiger partial charge in [-0.15, -0.1) is 0 Å². The number of nitrogens with zero attached hydrogens (tertiary/aromatic N) is 3. The molecule has 0 bridgehead atoms. The lowest BCUT2D eigenvalue weighted by Crippen LogP contribution is -2.15. The molecule has 4 heterocycles. The van der Waals surface area contributed by atoms with E-state index in [1.807, 2.05) is 38.1 Å². The van der Waals surface area contributed by atoms with Crippen LogP contribution in [-0.4, -0.2) is 32.5 Å². The van der Waals surface area contributed by atoms with Crippen molar-refractivity contribution in [3.05, 3.63) is 59.1 Å². The van der Waals surface area contributed by atoms with E-state index in [0.717, 1.165) is 11.3 Å². The molecule has 1 aliphatic heterocycles. The number of hydrogen-bond donors (Lipinski definition) is 1. The molecule has 29 heavy (non-hydrogen) atoms. The van der Waals surface area contributed by atoms with Gasteiger partial charge >= 0.3 is 0 Å². The quantitative estimate of drug-likeness (QED) is 0.575. The molecule has 1 aliphatic rings. The fourth-order valence-electron chi connectivity index (χ4n) is 3.33. The summed E-state index contributed by atoms with van der Waals surface area (Å²) < 4.78 is 18.5. The Bertz CT molecular complexity index is 1260. The lowest BCUT2D eigenvalue weighted by Gasteiger charge is -2.16. The third kappa shape index (κ3) is 2.89. The first kappa shape index (κ1) is 17.3. The summed E-state index contributed by atoms with van der Waals surface area (Å²) in [6.45, 7) is 3.98. The van der Waals surface area contributed by atoms with Gasteiger partial charge in [0.15, 0.2) is 17.1 Å². The minimum Gasteiger partial charge on any atom is -0.486 e. The number of pyridine rings is 1. The molecule has 8 heteroatoms. The van der Waals surface area contributed by atoms with E-state index in [1.54, 1.807) is 18.5 Å². The van der Waals surface area contributed by atoms with Crippen LogP contribution in [0.15, 0.2) is 53.6 Å². The SMILES string of the molecule is CC(C)Oc1c(-c2cc(=O)n3[nH]cc(-c4ccccn4)c3n2)ccc2c1OCO2. The predicted octanol–water partition coefficient (Wildman–Crippen LogP) is 3.27. The molecule has 146 valence electrons. The average Bonchev–Trinajstić information content (AvgIpc) is 3.35. The number of aromatic nitrogens is 4. The largest absolute Gasteiger partial charge is 0.486 e. The van der Waals surface area contributed by atoms with Gasteiger partial charge in [0, 0.05) is 24.0 Å². The predicted molar refractivity (Wildman–Crippen MR) is 106 cm³/mol. The number of ether oxygens (including phenoxy) is 3. The topological polar surface area (TPSA) is 90.7 Å². The molecule has 1 N–H and O–H groups in total. The Hall–Kier alpha value is -3.81.